The molecule has 3 nitrogen and oxygen atoms in total. The summed E-state index contributed by atoms with van der Waals surface area (Å²) in [5.74, 6) is 1.43. The molecular weight excluding hydrogens is 164 g/mol. The molecule has 0 aromatic rings. The Balaban J connectivity index is 2.14. The van der Waals surface area contributed by atoms with E-state index in [-0.39, 0.29) is 0 Å². The second-order valence-corrected chi connectivity index (χ2v) is 4.13. The topological polar surface area (TPSA) is 47.3 Å². The van der Waals surface area contributed by atoms with Crippen LogP contribution in [0.2, 0.25) is 0 Å². The van der Waals surface area contributed by atoms with Gasteiger partial charge in [0.25, 0.3) is 0 Å². The average Bonchev–Trinajstić information content (AvgIpc) is 2.89. The molecule has 1 fully saturated rings. The van der Waals surface area contributed by atoms with Crippen molar-refractivity contribution < 1.29 is 4.74 Å². The molecule has 78 valence electrons. The summed E-state index contributed by atoms with van der Waals surface area (Å²) in [6.45, 7) is 4.81. The first-order valence-corrected chi connectivity index (χ1v) is 5.20. The van der Waals surface area contributed by atoms with Gasteiger partial charge in [0, 0.05) is 19.7 Å². The SMILES string of the molecule is COCC(C)C(CN)NCC1CC1. The maximum Gasteiger partial charge on any atom is 0.0503 e. The third-order valence-corrected chi connectivity index (χ3v) is 2.74. The van der Waals surface area contributed by atoms with Crippen molar-refractivity contribution in [1.82, 2.24) is 5.32 Å². The van der Waals surface area contributed by atoms with Gasteiger partial charge >= 0.3 is 0 Å². The van der Waals surface area contributed by atoms with Gasteiger partial charge in [0.15, 0.2) is 0 Å². The molecule has 1 rings (SSSR count). The molecule has 0 radical (unpaired) electrons. The van der Waals surface area contributed by atoms with Crippen LogP contribution in [0.4, 0.5) is 0 Å². The van der Waals surface area contributed by atoms with E-state index in [1.807, 2.05) is 0 Å². The van der Waals surface area contributed by atoms with E-state index in [1.165, 1.54) is 12.8 Å². The van der Waals surface area contributed by atoms with Crippen molar-refractivity contribution in [2.75, 3.05) is 26.8 Å². The van der Waals surface area contributed by atoms with Gasteiger partial charge in [-0.2, -0.15) is 0 Å². The largest absolute Gasteiger partial charge is 0.384 e. The third-order valence-electron chi connectivity index (χ3n) is 2.74. The molecule has 1 saturated carbocycles. The standard InChI is InChI=1S/C10H22N2O/c1-8(7-13-2)10(5-11)12-6-9-3-4-9/h8-10,12H,3-7,11H2,1-2H3. The molecule has 0 spiro atoms. The first-order valence-electron chi connectivity index (χ1n) is 5.20. The molecule has 0 heterocycles. The van der Waals surface area contributed by atoms with Crippen LogP contribution in [0.15, 0.2) is 0 Å². The van der Waals surface area contributed by atoms with E-state index >= 15 is 0 Å². The van der Waals surface area contributed by atoms with Crippen molar-refractivity contribution in [2.45, 2.75) is 25.8 Å². The zero-order valence-corrected chi connectivity index (χ0v) is 8.75. The van der Waals surface area contributed by atoms with Crippen LogP contribution in [0.25, 0.3) is 0 Å². The summed E-state index contributed by atoms with van der Waals surface area (Å²) in [5, 5.41) is 3.51. The van der Waals surface area contributed by atoms with Crippen molar-refractivity contribution in [3.63, 3.8) is 0 Å². The van der Waals surface area contributed by atoms with Gasteiger partial charge in [-0.05, 0) is 31.2 Å². The molecule has 0 aliphatic heterocycles. The molecular formula is C10H22N2O. The second-order valence-electron chi connectivity index (χ2n) is 4.13. The van der Waals surface area contributed by atoms with E-state index in [1.54, 1.807) is 7.11 Å². The molecule has 13 heavy (non-hydrogen) atoms. The highest BCUT2D eigenvalue weighted by Gasteiger charge is 2.23. The Hall–Kier alpha value is -0.120. The van der Waals surface area contributed by atoms with Gasteiger partial charge in [-0.1, -0.05) is 6.92 Å². The van der Waals surface area contributed by atoms with E-state index in [9.17, 15) is 0 Å². The number of rotatable bonds is 7. The Labute approximate surface area is 81.0 Å². The fourth-order valence-electron chi connectivity index (χ4n) is 1.54. The smallest absolute Gasteiger partial charge is 0.0503 e. The Morgan fingerprint density at radius 2 is 2.23 bits per heavy atom. The maximum absolute atomic E-state index is 5.69. The molecule has 1 aliphatic rings. The predicted molar refractivity (Wildman–Crippen MR) is 54.6 cm³/mol. The molecule has 3 heteroatoms. The lowest BCUT2D eigenvalue weighted by atomic mass is 10.0. The van der Waals surface area contributed by atoms with Gasteiger partial charge in [-0.15, -0.1) is 0 Å². The minimum Gasteiger partial charge on any atom is -0.384 e. The van der Waals surface area contributed by atoms with Gasteiger partial charge in [-0.25, -0.2) is 0 Å². The first kappa shape index (κ1) is 11.0. The molecule has 2 atom stereocenters. The molecule has 0 aromatic heterocycles. The number of nitrogens with two attached hydrogens (primary N) is 1. The first-order chi connectivity index (χ1) is 6.27. The van der Waals surface area contributed by atoms with Crippen LogP contribution in [0.1, 0.15) is 19.8 Å². The van der Waals surface area contributed by atoms with Gasteiger partial charge in [0.1, 0.15) is 0 Å². The van der Waals surface area contributed by atoms with E-state index in [2.05, 4.69) is 12.2 Å². The lowest BCUT2D eigenvalue weighted by molar-refractivity contribution is 0.140. The molecule has 1 aliphatic carbocycles. The lowest BCUT2D eigenvalue weighted by Crippen LogP contribution is -2.43. The number of hydrogen-bond donors (Lipinski definition) is 2. The summed E-state index contributed by atoms with van der Waals surface area (Å²) in [6.07, 6.45) is 2.78. The minimum absolute atomic E-state index is 0.417. The Bertz CT molecular complexity index is 137. The van der Waals surface area contributed by atoms with E-state index < -0.39 is 0 Å². The van der Waals surface area contributed by atoms with Crippen LogP contribution in [-0.4, -0.2) is 32.8 Å². The molecule has 0 amide bonds. The summed E-state index contributed by atoms with van der Waals surface area (Å²) in [7, 11) is 1.74. The summed E-state index contributed by atoms with van der Waals surface area (Å²) < 4.78 is 5.11. The summed E-state index contributed by atoms with van der Waals surface area (Å²) in [6, 6.07) is 0.417. The van der Waals surface area contributed by atoms with Crippen LogP contribution < -0.4 is 11.1 Å². The molecule has 3 N–H and O–H groups in total. The highest BCUT2D eigenvalue weighted by atomic mass is 16.5. The average molecular weight is 186 g/mol. The van der Waals surface area contributed by atoms with Crippen LogP contribution in [0.5, 0.6) is 0 Å². The Morgan fingerprint density at radius 1 is 1.54 bits per heavy atom. The Kier molecular flexibility index (Phi) is 4.70. The maximum atomic E-state index is 5.69. The van der Waals surface area contributed by atoms with Crippen LogP contribution in [-0.2, 0) is 4.74 Å². The van der Waals surface area contributed by atoms with Crippen molar-refractivity contribution in [2.24, 2.45) is 17.6 Å². The fraction of sp³-hybridized carbons (Fsp3) is 1.00. The minimum atomic E-state index is 0.417. The van der Waals surface area contributed by atoms with Gasteiger partial charge < -0.3 is 15.8 Å². The quantitative estimate of drug-likeness (QED) is 0.612. The third kappa shape index (κ3) is 4.07. The summed E-state index contributed by atoms with van der Waals surface area (Å²) in [5.41, 5.74) is 5.69. The lowest BCUT2D eigenvalue weighted by Gasteiger charge is -2.23. The highest BCUT2D eigenvalue weighted by Crippen LogP contribution is 2.27. The number of ether oxygens (including phenoxy) is 1. The van der Waals surface area contributed by atoms with Crippen molar-refractivity contribution in [3.05, 3.63) is 0 Å². The molecule has 0 saturated heterocycles. The predicted octanol–water partition coefficient (Wildman–Crippen LogP) is 0.596. The number of hydrogen-bond acceptors (Lipinski definition) is 3. The molecule has 0 bridgehead atoms. The van der Waals surface area contributed by atoms with Gasteiger partial charge in [-0.3, -0.25) is 0 Å². The van der Waals surface area contributed by atoms with Gasteiger partial charge in [0.05, 0.1) is 6.61 Å². The summed E-state index contributed by atoms with van der Waals surface area (Å²) in [4.78, 5) is 0. The highest BCUT2D eigenvalue weighted by molar-refractivity contribution is 4.80. The Morgan fingerprint density at radius 3 is 2.69 bits per heavy atom. The normalized spacial score (nSPS) is 21.5. The second kappa shape index (κ2) is 5.58. The van der Waals surface area contributed by atoms with Crippen molar-refractivity contribution in [1.29, 1.82) is 0 Å². The van der Waals surface area contributed by atoms with E-state index in [4.69, 9.17) is 10.5 Å². The van der Waals surface area contributed by atoms with Crippen molar-refractivity contribution >= 4 is 0 Å². The number of methoxy groups -OCH3 is 1. The monoisotopic (exact) mass is 186 g/mol. The van der Waals surface area contributed by atoms with Crippen molar-refractivity contribution in [3.8, 4) is 0 Å². The summed E-state index contributed by atoms with van der Waals surface area (Å²) >= 11 is 0. The fourth-order valence-corrected chi connectivity index (χ4v) is 1.54. The van der Waals surface area contributed by atoms with Crippen LogP contribution in [0.3, 0.4) is 0 Å². The van der Waals surface area contributed by atoms with E-state index in [0.29, 0.717) is 18.5 Å². The van der Waals surface area contributed by atoms with E-state index in [0.717, 1.165) is 19.1 Å². The molecule has 0 aromatic carbocycles. The van der Waals surface area contributed by atoms with Crippen LogP contribution >= 0.6 is 0 Å². The zero-order chi connectivity index (χ0) is 9.68. The van der Waals surface area contributed by atoms with Gasteiger partial charge in [0.2, 0.25) is 0 Å². The zero-order valence-electron chi connectivity index (χ0n) is 8.75. The molecule has 2 unspecified atom stereocenters. The van der Waals surface area contributed by atoms with Crippen LogP contribution in [0, 0.1) is 11.8 Å². The number of nitrogens with one attached hydrogen (secondary N) is 1.